The van der Waals surface area contributed by atoms with E-state index in [4.69, 9.17) is 0 Å². The fraction of sp³-hybridized carbons (Fsp3) is 0. The monoisotopic (exact) mass is 382 g/mol. The Morgan fingerprint density at radius 2 is 1.21 bits per heavy atom. The SMILES string of the molecule is O=C([O-])c1cccnc1.O=C([O-])c1cccnc1.[Ba+2]. The zero-order valence-corrected chi connectivity index (χ0v) is 14.3. The van der Waals surface area contributed by atoms with Crippen molar-refractivity contribution in [1.29, 1.82) is 0 Å². The van der Waals surface area contributed by atoms with Gasteiger partial charge in [0.05, 0.1) is 11.9 Å². The third-order valence-electron chi connectivity index (χ3n) is 1.79. The van der Waals surface area contributed by atoms with Crippen molar-refractivity contribution in [1.82, 2.24) is 9.97 Å². The normalized spacial score (nSPS) is 8.42. The molecule has 2 rings (SSSR count). The first-order valence-corrected chi connectivity index (χ1v) is 4.84. The van der Waals surface area contributed by atoms with Crippen LogP contribution in [0.4, 0.5) is 0 Å². The Balaban J connectivity index is 0.000000324. The number of carboxylic acids is 2. The number of aromatic carboxylic acids is 2. The van der Waals surface area contributed by atoms with Gasteiger partial charge in [0, 0.05) is 35.9 Å². The topological polar surface area (TPSA) is 106 Å². The van der Waals surface area contributed by atoms with Gasteiger partial charge in [-0.3, -0.25) is 9.97 Å². The van der Waals surface area contributed by atoms with Crippen LogP contribution in [0.2, 0.25) is 0 Å². The predicted octanol–water partition coefficient (Wildman–Crippen LogP) is -1.49. The molecule has 0 bridgehead atoms. The maximum atomic E-state index is 10.0. The number of hydrogen-bond acceptors (Lipinski definition) is 6. The van der Waals surface area contributed by atoms with Crippen LogP contribution >= 0.6 is 0 Å². The Bertz CT molecular complexity index is 470. The van der Waals surface area contributed by atoms with E-state index >= 15 is 0 Å². The number of carboxylic acid groups (broad SMARTS) is 2. The maximum absolute atomic E-state index is 10.0. The van der Waals surface area contributed by atoms with E-state index in [1.807, 2.05) is 0 Å². The van der Waals surface area contributed by atoms with Gasteiger partial charge in [0.25, 0.3) is 0 Å². The van der Waals surface area contributed by atoms with E-state index in [0.29, 0.717) is 0 Å². The van der Waals surface area contributed by atoms with E-state index in [9.17, 15) is 19.8 Å². The largest absolute Gasteiger partial charge is 2.00 e. The van der Waals surface area contributed by atoms with E-state index in [1.165, 1.54) is 36.9 Å². The van der Waals surface area contributed by atoms with Gasteiger partial charge < -0.3 is 19.8 Å². The second-order valence-electron chi connectivity index (χ2n) is 3.06. The van der Waals surface area contributed by atoms with Crippen LogP contribution in [0.3, 0.4) is 0 Å². The first kappa shape index (κ1) is 17.8. The molecule has 0 aliphatic carbocycles. The molecule has 0 spiro atoms. The van der Waals surface area contributed by atoms with Crippen LogP contribution in [-0.4, -0.2) is 70.8 Å². The van der Waals surface area contributed by atoms with Gasteiger partial charge >= 0.3 is 48.9 Å². The smallest absolute Gasteiger partial charge is 0.545 e. The summed E-state index contributed by atoms with van der Waals surface area (Å²) in [6.45, 7) is 0. The summed E-state index contributed by atoms with van der Waals surface area (Å²) in [5.74, 6) is -2.38. The minimum Gasteiger partial charge on any atom is -0.545 e. The molecule has 0 fully saturated rings. The van der Waals surface area contributed by atoms with Crippen LogP contribution in [0.25, 0.3) is 0 Å². The molecule has 0 aliphatic rings. The van der Waals surface area contributed by atoms with Crippen LogP contribution in [-0.2, 0) is 0 Å². The van der Waals surface area contributed by atoms with Gasteiger partial charge in [0.2, 0.25) is 0 Å². The van der Waals surface area contributed by atoms with Crippen molar-refractivity contribution in [3.63, 3.8) is 0 Å². The summed E-state index contributed by atoms with van der Waals surface area (Å²) in [5, 5.41) is 20.1. The number of nitrogens with zero attached hydrogens (tertiary/aromatic N) is 2. The van der Waals surface area contributed by atoms with Crippen LogP contribution in [0.5, 0.6) is 0 Å². The summed E-state index contributed by atoms with van der Waals surface area (Å²) in [5.41, 5.74) is 0.218. The average molecular weight is 382 g/mol. The molecule has 0 aliphatic heterocycles. The Kier molecular flexibility index (Phi) is 9.10. The Labute approximate surface area is 149 Å². The van der Waals surface area contributed by atoms with Gasteiger partial charge in [-0.25, -0.2) is 0 Å². The number of hydrogen-bond donors (Lipinski definition) is 0. The van der Waals surface area contributed by atoms with Crippen LogP contribution in [0, 0.1) is 0 Å². The molecule has 0 atom stereocenters. The van der Waals surface area contributed by atoms with Crippen LogP contribution in [0.1, 0.15) is 20.7 Å². The van der Waals surface area contributed by atoms with Crippen molar-refractivity contribution in [3.05, 3.63) is 60.2 Å². The predicted molar refractivity (Wildman–Crippen MR) is 62.9 cm³/mol. The molecule has 0 N–H and O–H groups in total. The molecule has 2 heterocycles. The second-order valence-corrected chi connectivity index (χ2v) is 3.06. The quantitative estimate of drug-likeness (QED) is 0.587. The van der Waals surface area contributed by atoms with E-state index in [-0.39, 0.29) is 60.0 Å². The molecule has 6 nitrogen and oxygen atoms in total. The molecule has 0 aromatic carbocycles. The summed E-state index contributed by atoms with van der Waals surface area (Å²) >= 11 is 0. The van der Waals surface area contributed by atoms with Crippen molar-refractivity contribution in [2.45, 2.75) is 0 Å². The molecule has 0 radical (unpaired) electrons. The van der Waals surface area contributed by atoms with E-state index < -0.39 is 11.9 Å². The van der Waals surface area contributed by atoms with E-state index in [2.05, 4.69) is 9.97 Å². The Hall–Kier alpha value is -1.19. The number of rotatable bonds is 2. The molecule has 0 saturated carbocycles. The van der Waals surface area contributed by atoms with Crippen molar-refractivity contribution >= 4 is 60.8 Å². The third kappa shape index (κ3) is 7.09. The Morgan fingerprint density at radius 3 is 1.37 bits per heavy atom. The Morgan fingerprint density at radius 1 is 0.842 bits per heavy atom. The number of carbonyl (C=O) groups is 2. The molecular weight excluding hydrogens is 373 g/mol. The second kappa shape index (κ2) is 9.70. The standard InChI is InChI=1S/2C6H5NO2.Ba/c2*8-6(9)5-2-1-3-7-4-5;/h2*1-4H,(H,8,9);/q;;+2/p-2. The first-order chi connectivity index (χ1) is 8.61. The summed E-state index contributed by atoms with van der Waals surface area (Å²) in [6, 6.07) is 5.96. The van der Waals surface area contributed by atoms with Gasteiger partial charge in [-0.05, 0) is 12.1 Å². The molecule has 7 heteroatoms. The van der Waals surface area contributed by atoms with Crippen molar-refractivity contribution < 1.29 is 19.8 Å². The minimum atomic E-state index is -1.19. The number of aromatic nitrogens is 2. The van der Waals surface area contributed by atoms with Gasteiger partial charge in [-0.1, -0.05) is 12.1 Å². The fourth-order valence-electron chi connectivity index (χ4n) is 0.967. The average Bonchev–Trinajstić information content (AvgIpc) is 2.41. The van der Waals surface area contributed by atoms with Crippen molar-refractivity contribution in [3.8, 4) is 0 Å². The number of pyridine rings is 2. The van der Waals surface area contributed by atoms with Gasteiger partial charge in [0.15, 0.2) is 0 Å². The molecule has 0 unspecified atom stereocenters. The molecule has 0 amide bonds. The minimum absolute atomic E-state index is 0. The molecular formula is C12H8BaN2O4. The third-order valence-corrected chi connectivity index (χ3v) is 1.79. The van der Waals surface area contributed by atoms with Crippen LogP contribution < -0.4 is 10.2 Å². The summed E-state index contributed by atoms with van der Waals surface area (Å²) < 4.78 is 0. The van der Waals surface area contributed by atoms with Gasteiger partial charge in [0.1, 0.15) is 0 Å². The zero-order valence-electron chi connectivity index (χ0n) is 9.85. The summed E-state index contributed by atoms with van der Waals surface area (Å²) in [7, 11) is 0. The van der Waals surface area contributed by atoms with Crippen molar-refractivity contribution in [2.75, 3.05) is 0 Å². The molecule has 2 aromatic heterocycles. The van der Waals surface area contributed by atoms with Gasteiger partial charge in [-0.2, -0.15) is 0 Å². The molecule has 19 heavy (non-hydrogen) atoms. The summed E-state index contributed by atoms with van der Waals surface area (Å²) in [4.78, 5) is 27.3. The zero-order chi connectivity index (χ0) is 13.4. The first-order valence-electron chi connectivity index (χ1n) is 4.84. The molecule has 92 valence electrons. The van der Waals surface area contributed by atoms with Crippen LogP contribution in [0.15, 0.2) is 49.1 Å². The maximum Gasteiger partial charge on any atom is 2.00 e. The van der Waals surface area contributed by atoms with Gasteiger partial charge in [-0.15, -0.1) is 0 Å². The van der Waals surface area contributed by atoms with E-state index in [1.54, 1.807) is 12.1 Å². The number of carbonyl (C=O) groups excluding carboxylic acids is 2. The summed E-state index contributed by atoms with van der Waals surface area (Å²) in [6.07, 6.45) is 5.50. The molecule has 0 saturated heterocycles. The van der Waals surface area contributed by atoms with Crippen molar-refractivity contribution in [2.24, 2.45) is 0 Å². The fourth-order valence-corrected chi connectivity index (χ4v) is 0.967. The molecule has 2 aromatic rings. The van der Waals surface area contributed by atoms with E-state index in [0.717, 1.165) is 0 Å².